The van der Waals surface area contributed by atoms with Crippen LogP contribution < -0.4 is 4.74 Å². The molecule has 2 aromatic carbocycles. The Labute approximate surface area is 124 Å². The molecule has 0 aromatic heterocycles. The summed E-state index contributed by atoms with van der Waals surface area (Å²) in [5.74, 6) is -0.939. The Balaban J connectivity index is 2.50. The summed E-state index contributed by atoms with van der Waals surface area (Å²) >= 11 is 11.7. The molecule has 0 bridgehead atoms. The summed E-state index contributed by atoms with van der Waals surface area (Å²) in [5.41, 5.74) is 0.184. The lowest BCUT2D eigenvalue weighted by Gasteiger charge is -2.10. The van der Waals surface area contributed by atoms with Crippen molar-refractivity contribution in [2.75, 3.05) is 0 Å². The maximum Gasteiger partial charge on any atom is 0.339 e. The van der Waals surface area contributed by atoms with E-state index in [2.05, 4.69) is 0 Å². The number of rotatable bonds is 3. The van der Waals surface area contributed by atoms with Crippen molar-refractivity contribution in [1.82, 2.24) is 0 Å². The summed E-state index contributed by atoms with van der Waals surface area (Å²) in [6.45, 7) is 0. The van der Waals surface area contributed by atoms with E-state index in [1.807, 2.05) is 6.07 Å². The summed E-state index contributed by atoms with van der Waals surface area (Å²) in [4.78, 5) is 11.1. The van der Waals surface area contributed by atoms with Crippen molar-refractivity contribution in [3.05, 3.63) is 57.6 Å². The van der Waals surface area contributed by atoms with Gasteiger partial charge in [0.2, 0.25) is 0 Å². The van der Waals surface area contributed by atoms with E-state index in [4.69, 9.17) is 38.3 Å². The Morgan fingerprint density at radius 2 is 1.70 bits per heavy atom. The van der Waals surface area contributed by atoms with E-state index in [9.17, 15) is 4.79 Å². The van der Waals surface area contributed by atoms with Crippen molar-refractivity contribution < 1.29 is 14.6 Å². The average Bonchev–Trinajstić information content (AvgIpc) is 2.38. The van der Waals surface area contributed by atoms with Crippen molar-refractivity contribution in [2.24, 2.45) is 0 Å². The maximum atomic E-state index is 11.1. The van der Waals surface area contributed by atoms with E-state index in [0.717, 1.165) is 0 Å². The van der Waals surface area contributed by atoms with E-state index in [0.29, 0.717) is 10.0 Å². The van der Waals surface area contributed by atoms with Crippen molar-refractivity contribution >= 4 is 29.2 Å². The Morgan fingerprint density at radius 3 is 2.30 bits per heavy atom. The fourth-order valence-electron chi connectivity index (χ4n) is 1.55. The van der Waals surface area contributed by atoms with Gasteiger partial charge in [0.05, 0.1) is 5.56 Å². The van der Waals surface area contributed by atoms with Crippen LogP contribution in [0.2, 0.25) is 10.0 Å². The summed E-state index contributed by atoms with van der Waals surface area (Å²) in [6.07, 6.45) is 0. The van der Waals surface area contributed by atoms with Gasteiger partial charge in [-0.15, -0.1) is 0 Å². The first-order valence-electron chi connectivity index (χ1n) is 5.41. The zero-order chi connectivity index (χ0) is 14.7. The van der Waals surface area contributed by atoms with Gasteiger partial charge in [0.1, 0.15) is 23.1 Å². The first kappa shape index (κ1) is 14.2. The van der Waals surface area contributed by atoms with Crippen molar-refractivity contribution in [2.45, 2.75) is 0 Å². The Bertz CT molecular complexity index is 723. The zero-order valence-electron chi connectivity index (χ0n) is 9.93. The number of halogens is 2. The molecule has 0 aliphatic carbocycles. The molecule has 0 saturated heterocycles. The Kier molecular flexibility index (Phi) is 4.14. The molecule has 2 rings (SSSR count). The smallest absolute Gasteiger partial charge is 0.339 e. The Hall–Kier alpha value is -2.22. The quantitative estimate of drug-likeness (QED) is 0.914. The number of aromatic carboxylic acids is 1. The van der Waals surface area contributed by atoms with E-state index < -0.39 is 5.97 Å². The minimum atomic E-state index is -1.16. The number of nitrogens with zero attached hydrogens (tertiary/aromatic N) is 1. The van der Waals surface area contributed by atoms with Crippen LogP contribution >= 0.6 is 23.2 Å². The summed E-state index contributed by atoms with van der Waals surface area (Å²) in [7, 11) is 0. The first-order valence-corrected chi connectivity index (χ1v) is 6.17. The highest BCUT2D eigenvalue weighted by Crippen LogP contribution is 2.32. The second-order valence-corrected chi connectivity index (χ2v) is 4.67. The molecule has 100 valence electrons. The number of hydrogen-bond donors (Lipinski definition) is 1. The van der Waals surface area contributed by atoms with Gasteiger partial charge in [0, 0.05) is 22.2 Å². The number of ether oxygens (including phenoxy) is 1. The third-order valence-corrected chi connectivity index (χ3v) is 2.93. The lowest BCUT2D eigenvalue weighted by molar-refractivity contribution is 0.0694. The molecule has 0 aliphatic heterocycles. The van der Waals surface area contributed by atoms with Gasteiger partial charge in [-0.05, 0) is 24.3 Å². The maximum absolute atomic E-state index is 11.1. The summed E-state index contributed by atoms with van der Waals surface area (Å²) in [6, 6.07) is 10.6. The number of carboxylic acids is 1. The van der Waals surface area contributed by atoms with Crippen LogP contribution in [0, 0.1) is 11.3 Å². The number of carbonyl (C=O) groups is 1. The molecule has 0 atom stereocenters. The molecule has 0 saturated carbocycles. The predicted octanol–water partition coefficient (Wildman–Crippen LogP) is 4.36. The van der Waals surface area contributed by atoms with Crippen molar-refractivity contribution in [1.29, 1.82) is 5.26 Å². The second kappa shape index (κ2) is 5.83. The number of hydrogen-bond acceptors (Lipinski definition) is 3. The molecule has 2 aromatic rings. The molecule has 0 spiro atoms. The lowest BCUT2D eigenvalue weighted by Crippen LogP contribution is -2.00. The predicted molar refractivity (Wildman–Crippen MR) is 74.7 cm³/mol. The molecule has 0 fully saturated rings. The molecule has 4 nitrogen and oxygen atoms in total. The third-order valence-electron chi connectivity index (χ3n) is 2.46. The van der Waals surface area contributed by atoms with Crippen LogP contribution in [-0.4, -0.2) is 11.1 Å². The molecule has 0 amide bonds. The first-order chi connectivity index (χ1) is 9.51. The van der Waals surface area contributed by atoms with Crippen LogP contribution in [0.1, 0.15) is 15.9 Å². The lowest BCUT2D eigenvalue weighted by atomic mass is 10.2. The largest absolute Gasteiger partial charge is 0.478 e. The number of nitriles is 1. The molecular formula is C14H7Cl2NO3. The molecule has 0 radical (unpaired) electrons. The highest BCUT2D eigenvalue weighted by molar-refractivity contribution is 6.31. The molecule has 1 N–H and O–H groups in total. The normalized spacial score (nSPS) is 9.85. The van der Waals surface area contributed by atoms with Crippen LogP contribution in [0.5, 0.6) is 11.5 Å². The van der Waals surface area contributed by atoms with Gasteiger partial charge in [-0.1, -0.05) is 23.2 Å². The minimum Gasteiger partial charge on any atom is -0.478 e. The van der Waals surface area contributed by atoms with Crippen molar-refractivity contribution in [3.63, 3.8) is 0 Å². The van der Waals surface area contributed by atoms with Crippen LogP contribution in [0.3, 0.4) is 0 Å². The zero-order valence-corrected chi connectivity index (χ0v) is 11.4. The second-order valence-electron chi connectivity index (χ2n) is 3.80. The van der Waals surface area contributed by atoms with Gasteiger partial charge < -0.3 is 9.84 Å². The van der Waals surface area contributed by atoms with E-state index in [1.165, 1.54) is 30.3 Å². The fourth-order valence-corrected chi connectivity index (χ4v) is 1.87. The fraction of sp³-hybridized carbons (Fsp3) is 0. The number of benzene rings is 2. The molecule has 6 heteroatoms. The highest BCUT2D eigenvalue weighted by Gasteiger charge is 2.14. The van der Waals surface area contributed by atoms with E-state index >= 15 is 0 Å². The van der Waals surface area contributed by atoms with Crippen LogP contribution in [-0.2, 0) is 0 Å². The van der Waals surface area contributed by atoms with E-state index in [1.54, 1.807) is 6.07 Å². The van der Waals surface area contributed by atoms with Crippen molar-refractivity contribution in [3.8, 4) is 17.6 Å². The van der Waals surface area contributed by atoms with Gasteiger partial charge >= 0.3 is 5.97 Å². The average molecular weight is 308 g/mol. The topological polar surface area (TPSA) is 70.3 Å². The monoisotopic (exact) mass is 307 g/mol. The molecule has 0 heterocycles. The van der Waals surface area contributed by atoms with Crippen LogP contribution in [0.25, 0.3) is 0 Å². The molecule has 20 heavy (non-hydrogen) atoms. The van der Waals surface area contributed by atoms with E-state index in [-0.39, 0.29) is 22.6 Å². The molecule has 0 unspecified atom stereocenters. The third kappa shape index (κ3) is 3.02. The molecule has 0 aliphatic rings. The molecular weight excluding hydrogens is 301 g/mol. The Morgan fingerprint density at radius 1 is 1.10 bits per heavy atom. The summed E-state index contributed by atoms with van der Waals surface area (Å²) in [5, 5.41) is 18.8. The summed E-state index contributed by atoms with van der Waals surface area (Å²) < 4.78 is 5.48. The minimum absolute atomic E-state index is 0.0452. The van der Waals surface area contributed by atoms with Crippen LogP contribution in [0.15, 0.2) is 36.4 Å². The van der Waals surface area contributed by atoms with Gasteiger partial charge in [-0.2, -0.15) is 5.26 Å². The van der Waals surface area contributed by atoms with Gasteiger partial charge in [0.25, 0.3) is 0 Å². The number of carboxylic acid groups (broad SMARTS) is 1. The van der Waals surface area contributed by atoms with Gasteiger partial charge in [0.15, 0.2) is 0 Å². The standard InChI is InChI=1S/C14H7Cl2NO3/c15-9-2-1-8(7-17)12(5-9)20-13-6-10(16)3-4-11(13)14(18)19/h1-6H,(H,18,19). The van der Waals surface area contributed by atoms with Gasteiger partial charge in [-0.25, -0.2) is 4.79 Å². The SMILES string of the molecule is N#Cc1ccc(Cl)cc1Oc1cc(Cl)ccc1C(=O)O. The highest BCUT2D eigenvalue weighted by atomic mass is 35.5. The van der Waals surface area contributed by atoms with Gasteiger partial charge in [-0.3, -0.25) is 0 Å². The van der Waals surface area contributed by atoms with Crippen LogP contribution in [0.4, 0.5) is 0 Å².